The van der Waals surface area contributed by atoms with Crippen LogP contribution in [0.1, 0.15) is 32.1 Å². The van der Waals surface area contributed by atoms with E-state index in [4.69, 9.17) is 21.1 Å². The molecule has 0 saturated carbocycles. The molecule has 0 aromatic heterocycles. The minimum absolute atomic E-state index is 0.153. The van der Waals surface area contributed by atoms with Gasteiger partial charge in [-0.15, -0.1) is 11.6 Å². The summed E-state index contributed by atoms with van der Waals surface area (Å²) >= 11 is 5.61. The standard InChI is InChI=1S/C12H19ClO3/c13-5-1-2-11(14)10-3-6-16-12(8-10)4-7-15-9-12/h10H,1-9H2. The van der Waals surface area contributed by atoms with Crippen molar-refractivity contribution in [3.8, 4) is 0 Å². The number of carbonyl (C=O) groups is 1. The van der Waals surface area contributed by atoms with Crippen molar-refractivity contribution in [2.24, 2.45) is 5.92 Å². The van der Waals surface area contributed by atoms with Crippen LogP contribution in [0.15, 0.2) is 0 Å². The molecular formula is C12H19ClO3. The zero-order valence-electron chi connectivity index (χ0n) is 9.54. The lowest BCUT2D eigenvalue weighted by Crippen LogP contribution is -2.42. The van der Waals surface area contributed by atoms with Crippen molar-refractivity contribution in [1.29, 1.82) is 0 Å². The van der Waals surface area contributed by atoms with Crippen LogP contribution in [0.25, 0.3) is 0 Å². The van der Waals surface area contributed by atoms with E-state index in [0.717, 1.165) is 32.3 Å². The van der Waals surface area contributed by atoms with Gasteiger partial charge in [-0.2, -0.15) is 0 Å². The van der Waals surface area contributed by atoms with E-state index in [1.165, 1.54) is 0 Å². The molecule has 0 aromatic carbocycles. The van der Waals surface area contributed by atoms with Crippen molar-refractivity contribution >= 4 is 17.4 Å². The summed E-state index contributed by atoms with van der Waals surface area (Å²) in [5.41, 5.74) is -0.153. The molecule has 2 atom stereocenters. The number of ketones is 1. The van der Waals surface area contributed by atoms with Crippen molar-refractivity contribution in [2.75, 3.05) is 25.7 Å². The number of rotatable bonds is 4. The minimum atomic E-state index is -0.153. The summed E-state index contributed by atoms with van der Waals surface area (Å²) in [6.45, 7) is 2.12. The second kappa shape index (κ2) is 5.48. The highest BCUT2D eigenvalue weighted by Gasteiger charge is 2.42. The average molecular weight is 247 g/mol. The summed E-state index contributed by atoms with van der Waals surface area (Å²) in [5, 5.41) is 0. The number of ether oxygens (including phenoxy) is 2. The van der Waals surface area contributed by atoms with Crippen LogP contribution in [0.5, 0.6) is 0 Å². The Balaban J connectivity index is 1.88. The molecule has 2 rings (SSSR count). The maximum Gasteiger partial charge on any atom is 0.136 e. The maximum absolute atomic E-state index is 11.9. The van der Waals surface area contributed by atoms with Crippen molar-refractivity contribution in [2.45, 2.75) is 37.7 Å². The Bertz CT molecular complexity index is 249. The lowest BCUT2D eigenvalue weighted by Gasteiger charge is -2.36. The van der Waals surface area contributed by atoms with Gasteiger partial charge in [0.15, 0.2) is 0 Å². The highest BCUT2D eigenvalue weighted by molar-refractivity contribution is 6.17. The van der Waals surface area contributed by atoms with Crippen LogP contribution in [0.4, 0.5) is 0 Å². The second-order valence-electron chi connectivity index (χ2n) is 4.78. The average Bonchev–Trinajstić information content (AvgIpc) is 2.74. The second-order valence-corrected chi connectivity index (χ2v) is 5.16. The molecule has 0 amide bonds. The maximum atomic E-state index is 11.9. The number of Topliss-reactive ketones (excluding diaryl/α,β-unsaturated/α-hetero) is 1. The fraction of sp³-hybridized carbons (Fsp3) is 0.917. The number of hydrogen-bond donors (Lipinski definition) is 0. The third-order valence-corrected chi connectivity index (χ3v) is 3.84. The monoisotopic (exact) mass is 246 g/mol. The highest BCUT2D eigenvalue weighted by Crippen LogP contribution is 2.36. The Kier molecular flexibility index (Phi) is 4.22. The Hall–Kier alpha value is -0.120. The van der Waals surface area contributed by atoms with Gasteiger partial charge in [-0.1, -0.05) is 0 Å². The van der Waals surface area contributed by atoms with Crippen molar-refractivity contribution in [1.82, 2.24) is 0 Å². The molecule has 2 heterocycles. The molecule has 2 aliphatic heterocycles. The van der Waals surface area contributed by atoms with Crippen LogP contribution in [0, 0.1) is 5.92 Å². The Morgan fingerprint density at radius 2 is 2.31 bits per heavy atom. The first-order valence-electron chi connectivity index (χ1n) is 6.06. The molecular weight excluding hydrogens is 228 g/mol. The quantitative estimate of drug-likeness (QED) is 0.713. The van der Waals surface area contributed by atoms with E-state index in [1.54, 1.807) is 0 Å². The van der Waals surface area contributed by atoms with E-state index < -0.39 is 0 Å². The van der Waals surface area contributed by atoms with Gasteiger partial charge in [-0.3, -0.25) is 4.79 Å². The number of alkyl halides is 1. The topological polar surface area (TPSA) is 35.5 Å². The van der Waals surface area contributed by atoms with Gasteiger partial charge in [0.1, 0.15) is 5.78 Å². The van der Waals surface area contributed by atoms with Crippen LogP contribution in [-0.4, -0.2) is 37.1 Å². The van der Waals surface area contributed by atoms with Crippen LogP contribution in [0.3, 0.4) is 0 Å². The minimum Gasteiger partial charge on any atom is -0.378 e. The largest absolute Gasteiger partial charge is 0.378 e. The normalized spacial score (nSPS) is 34.4. The van der Waals surface area contributed by atoms with Gasteiger partial charge >= 0.3 is 0 Å². The fourth-order valence-corrected chi connectivity index (χ4v) is 2.74. The summed E-state index contributed by atoms with van der Waals surface area (Å²) in [7, 11) is 0. The summed E-state index contributed by atoms with van der Waals surface area (Å²) < 4.78 is 11.2. The van der Waals surface area contributed by atoms with Crippen LogP contribution >= 0.6 is 11.6 Å². The van der Waals surface area contributed by atoms with Gasteiger partial charge in [0.25, 0.3) is 0 Å². The highest BCUT2D eigenvalue weighted by atomic mass is 35.5. The van der Waals surface area contributed by atoms with Crippen molar-refractivity contribution in [3.05, 3.63) is 0 Å². The number of halogens is 1. The molecule has 0 bridgehead atoms. The first-order valence-corrected chi connectivity index (χ1v) is 6.60. The van der Waals surface area contributed by atoms with E-state index in [-0.39, 0.29) is 11.5 Å². The fourth-order valence-electron chi connectivity index (χ4n) is 2.61. The third-order valence-electron chi connectivity index (χ3n) is 3.57. The third kappa shape index (κ3) is 2.76. The van der Waals surface area contributed by atoms with Crippen LogP contribution < -0.4 is 0 Å². The Morgan fingerprint density at radius 1 is 1.44 bits per heavy atom. The molecule has 0 N–H and O–H groups in total. The van der Waals surface area contributed by atoms with Crippen molar-refractivity contribution in [3.63, 3.8) is 0 Å². The molecule has 2 unspecified atom stereocenters. The predicted molar refractivity (Wildman–Crippen MR) is 61.8 cm³/mol. The Labute approximate surface area is 101 Å². The SMILES string of the molecule is O=C(CCCCl)C1CCOC2(CCOC2)C1. The first kappa shape index (κ1) is 12.3. The molecule has 1 spiro atoms. The van der Waals surface area contributed by atoms with E-state index in [2.05, 4.69) is 0 Å². The van der Waals surface area contributed by atoms with Gasteiger partial charge in [0.05, 0.1) is 12.2 Å². The van der Waals surface area contributed by atoms with Gasteiger partial charge in [0.2, 0.25) is 0 Å². The molecule has 2 fully saturated rings. The van der Waals surface area contributed by atoms with E-state index >= 15 is 0 Å². The zero-order chi connectivity index (χ0) is 11.4. The van der Waals surface area contributed by atoms with Gasteiger partial charge in [-0.05, 0) is 19.3 Å². The van der Waals surface area contributed by atoms with Gasteiger partial charge in [0, 0.05) is 37.9 Å². The van der Waals surface area contributed by atoms with Crippen LogP contribution in [-0.2, 0) is 14.3 Å². The zero-order valence-corrected chi connectivity index (χ0v) is 10.3. The van der Waals surface area contributed by atoms with Crippen molar-refractivity contribution < 1.29 is 14.3 Å². The van der Waals surface area contributed by atoms with E-state index in [1.807, 2.05) is 0 Å². The van der Waals surface area contributed by atoms with Gasteiger partial charge in [-0.25, -0.2) is 0 Å². The summed E-state index contributed by atoms with van der Waals surface area (Å²) in [5.74, 6) is 1.09. The number of carbonyl (C=O) groups excluding carboxylic acids is 1. The molecule has 16 heavy (non-hydrogen) atoms. The number of hydrogen-bond acceptors (Lipinski definition) is 3. The summed E-state index contributed by atoms with van der Waals surface area (Å²) in [6, 6.07) is 0. The summed E-state index contributed by atoms with van der Waals surface area (Å²) in [4.78, 5) is 11.9. The lowest BCUT2D eigenvalue weighted by atomic mass is 9.82. The predicted octanol–water partition coefficient (Wildman–Crippen LogP) is 2.16. The van der Waals surface area contributed by atoms with E-state index in [9.17, 15) is 4.79 Å². The van der Waals surface area contributed by atoms with Crippen LogP contribution in [0.2, 0.25) is 0 Å². The molecule has 3 nitrogen and oxygen atoms in total. The molecule has 0 aliphatic carbocycles. The van der Waals surface area contributed by atoms with Gasteiger partial charge < -0.3 is 9.47 Å². The molecule has 0 aromatic rings. The smallest absolute Gasteiger partial charge is 0.136 e. The summed E-state index contributed by atoms with van der Waals surface area (Å²) in [6.07, 6.45) is 4.05. The molecule has 2 saturated heterocycles. The Morgan fingerprint density at radius 3 is 3.00 bits per heavy atom. The van der Waals surface area contributed by atoms with E-state index in [0.29, 0.717) is 31.3 Å². The lowest BCUT2D eigenvalue weighted by molar-refractivity contribution is -0.137. The molecule has 0 radical (unpaired) electrons. The molecule has 92 valence electrons. The molecule has 2 aliphatic rings. The molecule has 4 heteroatoms. The first-order chi connectivity index (χ1) is 7.76.